The minimum Gasteiger partial charge on any atom is -0.271 e. The lowest BCUT2D eigenvalue weighted by molar-refractivity contribution is 0.497. The summed E-state index contributed by atoms with van der Waals surface area (Å²) in [6.45, 7) is 4.28. The molecule has 19 heavy (non-hydrogen) atoms. The molecule has 1 unspecified atom stereocenters. The number of thiophene rings is 1. The Balaban J connectivity index is 1.95. The lowest BCUT2D eigenvalue weighted by Crippen LogP contribution is -2.28. The van der Waals surface area contributed by atoms with Crippen LogP contribution in [0.4, 0.5) is 0 Å². The van der Waals surface area contributed by atoms with Crippen LogP contribution in [-0.4, -0.2) is 0 Å². The van der Waals surface area contributed by atoms with Crippen LogP contribution in [0.2, 0.25) is 0 Å². The summed E-state index contributed by atoms with van der Waals surface area (Å²) in [6.07, 6.45) is 3.36. The zero-order valence-electron chi connectivity index (χ0n) is 11.6. The van der Waals surface area contributed by atoms with Gasteiger partial charge in [-0.2, -0.15) is 0 Å². The Morgan fingerprint density at radius 2 is 2.11 bits per heavy atom. The Morgan fingerprint density at radius 3 is 2.74 bits per heavy atom. The highest BCUT2D eigenvalue weighted by molar-refractivity contribution is 7.09. The van der Waals surface area contributed by atoms with Gasteiger partial charge in [-0.3, -0.25) is 11.3 Å². The number of nitrogens with two attached hydrogens (primary N) is 1. The van der Waals surface area contributed by atoms with Crippen molar-refractivity contribution in [3.63, 3.8) is 0 Å². The minimum atomic E-state index is 0.251. The van der Waals surface area contributed by atoms with Crippen LogP contribution >= 0.6 is 11.3 Å². The maximum Gasteiger partial charge on any atom is 0.0462 e. The SMILES string of the molecule is Cc1ccc(C(CCCc2cccs2)NN)c(C)c1. The largest absolute Gasteiger partial charge is 0.271 e. The quantitative estimate of drug-likeness (QED) is 0.619. The molecule has 0 aliphatic carbocycles. The predicted molar refractivity (Wildman–Crippen MR) is 83.2 cm³/mol. The van der Waals surface area contributed by atoms with E-state index >= 15 is 0 Å². The van der Waals surface area contributed by atoms with Gasteiger partial charge in [-0.25, -0.2) is 0 Å². The first-order valence-electron chi connectivity index (χ1n) is 6.76. The summed E-state index contributed by atoms with van der Waals surface area (Å²) in [5.41, 5.74) is 6.90. The van der Waals surface area contributed by atoms with Crippen molar-refractivity contribution >= 4 is 11.3 Å². The van der Waals surface area contributed by atoms with Gasteiger partial charge < -0.3 is 0 Å². The monoisotopic (exact) mass is 274 g/mol. The fourth-order valence-corrected chi connectivity index (χ4v) is 3.23. The highest BCUT2D eigenvalue weighted by Crippen LogP contribution is 2.23. The summed E-state index contributed by atoms with van der Waals surface area (Å²) in [4.78, 5) is 1.45. The fourth-order valence-electron chi connectivity index (χ4n) is 2.48. The van der Waals surface area contributed by atoms with Crippen LogP contribution in [0.1, 0.15) is 40.5 Å². The second kappa shape index (κ2) is 6.85. The third-order valence-corrected chi connectivity index (χ3v) is 4.43. The van der Waals surface area contributed by atoms with Gasteiger partial charge in [-0.05, 0) is 55.7 Å². The zero-order valence-corrected chi connectivity index (χ0v) is 12.5. The molecule has 3 N–H and O–H groups in total. The lowest BCUT2D eigenvalue weighted by Gasteiger charge is -2.18. The molecule has 2 aromatic rings. The molecule has 0 bridgehead atoms. The maximum absolute atomic E-state index is 5.72. The van der Waals surface area contributed by atoms with Gasteiger partial charge in [-0.15, -0.1) is 11.3 Å². The predicted octanol–water partition coefficient (Wildman–Crippen LogP) is 3.89. The summed E-state index contributed by atoms with van der Waals surface area (Å²) in [7, 11) is 0. The van der Waals surface area contributed by atoms with Crippen molar-refractivity contribution in [2.75, 3.05) is 0 Å². The average Bonchev–Trinajstić information content (AvgIpc) is 2.89. The molecule has 2 rings (SSSR count). The summed E-state index contributed by atoms with van der Waals surface area (Å²) in [5, 5.41) is 2.14. The van der Waals surface area contributed by atoms with Gasteiger partial charge in [0.1, 0.15) is 0 Å². The van der Waals surface area contributed by atoms with Gasteiger partial charge in [0.2, 0.25) is 0 Å². The Kier molecular flexibility index (Phi) is 5.14. The van der Waals surface area contributed by atoms with Crippen LogP contribution in [0.15, 0.2) is 35.7 Å². The van der Waals surface area contributed by atoms with Gasteiger partial charge in [0.15, 0.2) is 0 Å². The van der Waals surface area contributed by atoms with Crippen LogP contribution in [0.5, 0.6) is 0 Å². The Labute approximate surface area is 119 Å². The van der Waals surface area contributed by atoms with E-state index in [1.54, 1.807) is 0 Å². The number of rotatable bonds is 6. The molecule has 0 aliphatic rings. The van der Waals surface area contributed by atoms with Crippen molar-refractivity contribution in [3.8, 4) is 0 Å². The molecule has 0 saturated carbocycles. The Morgan fingerprint density at radius 1 is 1.26 bits per heavy atom. The van der Waals surface area contributed by atoms with E-state index in [-0.39, 0.29) is 6.04 Å². The first-order valence-corrected chi connectivity index (χ1v) is 7.64. The van der Waals surface area contributed by atoms with Gasteiger partial charge >= 0.3 is 0 Å². The van der Waals surface area contributed by atoms with E-state index in [0.29, 0.717) is 0 Å². The molecular weight excluding hydrogens is 252 g/mol. The van der Waals surface area contributed by atoms with E-state index in [4.69, 9.17) is 5.84 Å². The lowest BCUT2D eigenvalue weighted by atomic mass is 9.96. The summed E-state index contributed by atoms with van der Waals surface area (Å²) in [5.74, 6) is 5.72. The molecule has 1 atom stereocenters. The average molecular weight is 274 g/mol. The maximum atomic E-state index is 5.72. The summed E-state index contributed by atoms with van der Waals surface area (Å²) in [6, 6.07) is 11.1. The number of hydrogen-bond acceptors (Lipinski definition) is 3. The second-order valence-corrected chi connectivity index (χ2v) is 6.08. The van der Waals surface area contributed by atoms with Crippen molar-refractivity contribution in [1.82, 2.24) is 5.43 Å². The molecule has 0 aliphatic heterocycles. The highest BCUT2D eigenvalue weighted by atomic mass is 32.1. The third kappa shape index (κ3) is 3.90. The molecule has 0 saturated heterocycles. The standard InChI is InChI=1S/C16H22N2S/c1-12-8-9-15(13(2)11-12)16(18-17)7-3-5-14-6-4-10-19-14/h4,6,8-11,16,18H,3,5,7,17H2,1-2H3. The van der Waals surface area contributed by atoms with Gasteiger partial charge in [0.25, 0.3) is 0 Å². The van der Waals surface area contributed by atoms with Crippen LogP contribution in [0.25, 0.3) is 0 Å². The van der Waals surface area contributed by atoms with Crippen LogP contribution < -0.4 is 11.3 Å². The van der Waals surface area contributed by atoms with E-state index in [1.165, 1.54) is 21.6 Å². The smallest absolute Gasteiger partial charge is 0.0462 e. The van der Waals surface area contributed by atoms with Crippen LogP contribution in [0, 0.1) is 13.8 Å². The van der Waals surface area contributed by atoms with Crippen molar-refractivity contribution in [2.45, 2.75) is 39.2 Å². The molecule has 0 spiro atoms. The van der Waals surface area contributed by atoms with E-state index in [0.717, 1.165) is 19.3 Å². The van der Waals surface area contributed by atoms with E-state index < -0.39 is 0 Å². The van der Waals surface area contributed by atoms with Crippen LogP contribution in [0.3, 0.4) is 0 Å². The molecule has 0 fully saturated rings. The molecule has 102 valence electrons. The first-order chi connectivity index (χ1) is 9.20. The molecule has 0 amide bonds. The Bertz CT molecular complexity index is 505. The first kappa shape index (κ1) is 14.3. The third-order valence-electron chi connectivity index (χ3n) is 3.50. The normalized spacial score (nSPS) is 12.6. The van der Waals surface area contributed by atoms with E-state index in [2.05, 4.69) is 55.0 Å². The van der Waals surface area contributed by atoms with Gasteiger partial charge in [0, 0.05) is 10.9 Å². The van der Waals surface area contributed by atoms with Crippen molar-refractivity contribution in [2.24, 2.45) is 5.84 Å². The molecule has 3 heteroatoms. The summed E-state index contributed by atoms with van der Waals surface area (Å²) < 4.78 is 0. The molecule has 1 aromatic heterocycles. The molecular formula is C16H22N2S. The second-order valence-electron chi connectivity index (χ2n) is 5.05. The number of hydrazine groups is 1. The Hall–Kier alpha value is -1.16. The molecule has 2 nitrogen and oxygen atoms in total. The van der Waals surface area contributed by atoms with E-state index in [1.807, 2.05) is 11.3 Å². The topological polar surface area (TPSA) is 38.0 Å². The van der Waals surface area contributed by atoms with Crippen molar-refractivity contribution < 1.29 is 0 Å². The molecule has 1 heterocycles. The number of aryl methyl sites for hydroxylation is 3. The zero-order chi connectivity index (χ0) is 13.7. The highest BCUT2D eigenvalue weighted by Gasteiger charge is 2.12. The number of benzene rings is 1. The fraction of sp³-hybridized carbons (Fsp3) is 0.375. The molecule has 1 aromatic carbocycles. The van der Waals surface area contributed by atoms with Gasteiger partial charge in [0.05, 0.1) is 0 Å². The summed E-state index contributed by atoms with van der Waals surface area (Å²) >= 11 is 1.83. The molecule has 0 radical (unpaired) electrons. The minimum absolute atomic E-state index is 0.251. The van der Waals surface area contributed by atoms with E-state index in [9.17, 15) is 0 Å². The van der Waals surface area contributed by atoms with Crippen LogP contribution in [-0.2, 0) is 6.42 Å². The van der Waals surface area contributed by atoms with Crippen molar-refractivity contribution in [3.05, 3.63) is 57.3 Å². The number of nitrogens with one attached hydrogen (secondary N) is 1. The van der Waals surface area contributed by atoms with Gasteiger partial charge in [-0.1, -0.05) is 29.8 Å². The number of hydrogen-bond donors (Lipinski definition) is 2. The van der Waals surface area contributed by atoms with Crippen molar-refractivity contribution in [1.29, 1.82) is 0 Å².